The molecule has 0 aromatic heterocycles. The van der Waals surface area contributed by atoms with Crippen LogP contribution in [0.2, 0.25) is 0 Å². The Kier molecular flexibility index (Phi) is 5.25. The summed E-state index contributed by atoms with van der Waals surface area (Å²) in [6, 6.07) is -0.452. The van der Waals surface area contributed by atoms with Gasteiger partial charge >= 0.3 is 0 Å². The Morgan fingerprint density at radius 2 is 2.05 bits per heavy atom. The van der Waals surface area contributed by atoms with Crippen LogP contribution in [0.1, 0.15) is 46.5 Å². The molecule has 0 saturated carbocycles. The number of amides is 2. The summed E-state index contributed by atoms with van der Waals surface area (Å²) in [6.45, 7) is 8.12. The van der Waals surface area contributed by atoms with Crippen molar-refractivity contribution in [3.8, 4) is 0 Å². The van der Waals surface area contributed by atoms with Gasteiger partial charge in [-0.05, 0) is 45.2 Å². The normalized spacial score (nSPS) is 31.7. The second-order valence-electron chi connectivity index (χ2n) is 6.92. The van der Waals surface area contributed by atoms with Crippen molar-refractivity contribution in [3.05, 3.63) is 0 Å². The number of nitrogens with one attached hydrogen (secondary N) is 1. The third-order valence-electron chi connectivity index (χ3n) is 4.59. The van der Waals surface area contributed by atoms with Crippen molar-refractivity contribution in [3.63, 3.8) is 0 Å². The lowest BCUT2D eigenvalue weighted by atomic mass is 9.94. The van der Waals surface area contributed by atoms with Crippen LogP contribution in [0.15, 0.2) is 0 Å². The molecule has 2 aliphatic heterocycles. The maximum absolute atomic E-state index is 12.9. The van der Waals surface area contributed by atoms with Gasteiger partial charge in [0.05, 0.1) is 0 Å². The molecule has 21 heavy (non-hydrogen) atoms. The van der Waals surface area contributed by atoms with Gasteiger partial charge in [-0.25, -0.2) is 0 Å². The summed E-state index contributed by atoms with van der Waals surface area (Å²) in [5, 5.41) is 2.94. The van der Waals surface area contributed by atoms with Crippen LogP contribution >= 0.6 is 0 Å². The molecule has 5 heteroatoms. The van der Waals surface area contributed by atoms with Crippen LogP contribution in [0.4, 0.5) is 0 Å². The Balaban J connectivity index is 2.19. The zero-order valence-corrected chi connectivity index (χ0v) is 13.8. The molecule has 2 amide bonds. The van der Waals surface area contributed by atoms with E-state index in [1.165, 1.54) is 0 Å². The van der Waals surface area contributed by atoms with Crippen LogP contribution in [0.5, 0.6) is 0 Å². The van der Waals surface area contributed by atoms with Gasteiger partial charge in [-0.1, -0.05) is 20.8 Å². The van der Waals surface area contributed by atoms with Gasteiger partial charge in [0.2, 0.25) is 11.8 Å². The molecule has 0 aliphatic carbocycles. The van der Waals surface area contributed by atoms with E-state index in [1.54, 1.807) is 0 Å². The summed E-state index contributed by atoms with van der Waals surface area (Å²) in [5.41, 5.74) is 0. The summed E-state index contributed by atoms with van der Waals surface area (Å²) >= 11 is 0. The molecular weight excluding hydrogens is 266 g/mol. The van der Waals surface area contributed by atoms with Crippen molar-refractivity contribution in [1.29, 1.82) is 0 Å². The molecule has 2 fully saturated rings. The van der Waals surface area contributed by atoms with Crippen LogP contribution in [0, 0.1) is 5.92 Å². The lowest BCUT2D eigenvalue weighted by Gasteiger charge is -2.46. The smallest absolute Gasteiger partial charge is 0.246 e. The highest BCUT2D eigenvalue weighted by atomic mass is 16.2. The number of hydrogen-bond acceptors (Lipinski definition) is 3. The molecule has 1 N–H and O–H groups in total. The quantitative estimate of drug-likeness (QED) is 0.849. The van der Waals surface area contributed by atoms with Gasteiger partial charge in [0.25, 0.3) is 0 Å². The largest absolute Gasteiger partial charge is 0.342 e. The number of carbonyl (C=O) groups is 2. The highest BCUT2D eigenvalue weighted by Crippen LogP contribution is 2.24. The Hall–Kier alpha value is -1.10. The molecule has 0 aromatic rings. The third kappa shape index (κ3) is 3.57. The Labute approximate surface area is 128 Å². The highest BCUT2D eigenvalue weighted by Gasteiger charge is 2.43. The Bertz CT molecular complexity index is 397. The first kappa shape index (κ1) is 16.3. The van der Waals surface area contributed by atoms with Gasteiger partial charge in [0.15, 0.2) is 0 Å². The predicted molar refractivity (Wildman–Crippen MR) is 82.8 cm³/mol. The van der Waals surface area contributed by atoms with E-state index in [2.05, 4.69) is 31.1 Å². The van der Waals surface area contributed by atoms with Crippen molar-refractivity contribution < 1.29 is 9.59 Å². The van der Waals surface area contributed by atoms with Gasteiger partial charge in [-0.2, -0.15) is 0 Å². The summed E-state index contributed by atoms with van der Waals surface area (Å²) < 4.78 is 0. The van der Waals surface area contributed by atoms with Gasteiger partial charge < -0.3 is 15.1 Å². The van der Waals surface area contributed by atoms with Gasteiger partial charge in [0, 0.05) is 12.6 Å². The zero-order chi connectivity index (χ0) is 15.6. The lowest BCUT2D eigenvalue weighted by Crippen LogP contribution is -2.67. The van der Waals surface area contributed by atoms with Crippen LogP contribution in [0.25, 0.3) is 0 Å². The first-order valence-corrected chi connectivity index (χ1v) is 8.25. The molecule has 120 valence electrons. The molecule has 2 rings (SSSR count). The molecule has 0 radical (unpaired) electrons. The van der Waals surface area contributed by atoms with Crippen LogP contribution in [-0.4, -0.2) is 59.9 Å². The van der Waals surface area contributed by atoms with E-state index in [1.807, 2.05) is 11.8 Å². The molecule has 0 aromatic carbocycles. The highest BCUT2D eigenvalue weighted by molar-refractivity contribution is 5.97. The molecular formula is C16H29N3O2. The Morgan fingerprint density at radius 3 is 2.62 bits per heavy atom. The maximum atomic E-state index is 12.9. The Morgan fingerprint density at radius 1 is 1.33 bits per heavy atom. The minimum absolute atomic E-state index is 0.0241. The van der Waals surface area contributed by atoms with E-state index in [0.717, 1.165) is 32.4 Å². The second-order valence-corrected chi connectivity index (χ2v) is 6.92. The lowest BCUT2D eigenvalue weighted by molar-refractivity contribution is -0.154. The summed E-state index contributed by atoms with van der Waals surface area (Å²) in [6.07, 6.45) is 3.51. The number of likely N-dealkylation sites (tertiary alicyclic amines) is 1. The fraction of sp³-hybridized carbons (Fsp3) is 0.875. The summed E-state index contributed by atoms with van der Waals surface area (Å²) in [5.74, 6) is 0.541. The molecule has 2 aliphatic rings. The van der Waals surface area contributed by atoms with Crippen molar-refractivity contribution in [1.82, 2.24) is 15.1 Å². The average Bonchev–Trinajstić information content (AvgIpc) is 2.41. The minimum Gasteiger partial charge on any atom is -0.342 e. The fourth-order valence-electron chi connectivity index (χ4n) is 3.60. The van der Waals surface area contributed by atoms with Crippen LogP contribution in [-0.2, 0) is 9.59 Å². The fourth-order valence-corrected chi connectivity index (χ4v) is 3.60. The number of likely N-dealkylation sites (N-methyl/N-ethyl adjacent to an activating group) is 1. The van der Waals surface area contributed by atoms with Gasteiger partial charge in [-0.15, -0.1) is 0 Å². The topological polar surface area (TPSA) is 52.7 Å². The molecule has 3 atom stereocenters. The summed E-state index contributed by atoms with van der Waals surface area (Å²) in [4.78, 5) is 29.4. The van der Waals surface area contributed by atoms with Crippen molar-refractivity contribution >= 4 is 11.8 Å². The average molecular weight is 295 g/mol. The second kappa shape index (κ2) is 6.77. The van der Waals surface area contributed by atoms with Gasteiger partial charge in [-0.3, -0.25) is 9.59 Å². The van der Waals surface area contributed by atoms with E-state index in [4.69, 9.17) is 0 Å². The standard InChI is InChI=1S/C16H29N3O2/c1-5-14-15(20)17-13(9-11(2)3)16(21)19(14)12-7-6-8-18(4)10-12/h11-14H,5-10H2,1-4H3,(H,17,20). The third-order valence-corrected chi connectivity index (χ3v) is 4.59. The van der Waals surface area contributed by atoms with E-state index in [9.17, 15) is 9.59 Å². The monoisotopic (exact) mass is 295 g/mol. The van der Waals surface area contributed by atoms with Crippen LogP contribution < -0.4 is 5.32 Å². The van der Waals surface area contributed by atoms with Crippen molar-refractivity contribution in [2.45, 2.75) is 64.6 Å². The number of piperazine rings is 1. The number of piperidine rings is 1. The van der Waals surface area contributed by atoms with E-state index in [0.29, 0.717) is 12.3 Å². The van der Waals surface area contributed by atoms with Crippen LogP contribution in [0.3, 0.4) is 0 Å². The number of nitrogens with zero attached hydrogens (tertiary/aromatic N) is 2. The SMILES string of the molecule is CCC1C(=O)NC(CC(C)C)C(=O)N1C1CCCN(C)C1. The zero-order valence-electron chi connectivity index (χ0n) is 13.8. The van der Waals surface area contributed by atoms with E-state index >= 15 is 0 Å². The van der Waals surface area contributed by atoms with E-state index < -0.39 is 0 Å². The molecule has 0 spiro atoms. The predicted octanol–water partition coefficient (Wildman–Crippen LogP) is 1.23. The molecule has 0 bridgehead atoms. The number of carbonyl (C=O) groups excluding carboxylic acids is 2. The minimum atomic E-state index is -0.340. The number of rotatable bonds is 4. The first-order chi connectivity index (χ1) is 9.93. The summed E-state index contributed by atoms with van der Waals surface area (Å²) in [7, 11) is 2.09. The van der Waals surface area contributed by atoms with Crippen molar-refractivity contribution in [2.75, 3.05) is 20.1 Å². The molecule has 3 unspecified atom stereocenters. The van der Waals surface area contributed by atoms with Gasteiger partial charge in [0.1, 0.15) is 12.1 Å². The van der Waals surface area contributed by atoms with Crippen molar-refractivity contribution in [2.24, 2.45) is 5.92 Å². The molecule has 5 nitrogen and oxygen atoms in total. The number of hydrogen-bond donors (Lipinski definition) is 1. The van der Waals surface area contributed by atoms with E-state index in [-0.39, 0.29) is 29.9 Å². The first-order valence-electron chi connectivity index (χ1n) is 8.25. The maximum Gasteiger partial charge on any atom is 0.246 e. The molecule has 2 saturated heterocycles. The molecule has 2 heterocycles.